The van der Waals surface area contributed by atoms with Gasteiger partial charge in [0.1, 0.15) is 0 Å². The van der Waals surface area contributed by atoms with Crippen molar-refractivity contribution in [2.45, 2.75) is 64.9 Å². The van der Waals surface area contributed by atoms with Crippen molar-refractivity contribution in [2.24, 2.45) is 34.5 Å². The molecule has 0 amide bonds. The molecule has 0 saturated heterocycles. The van der Waals surface area contributed by atoms with Gasteiger partial charge in [-0.15, -0.1) is 12.3 Å². The minimum Gasteiger partial charge on any atom is -0.389 e. The molecule has 7 unspecified atom stereocenters. The maximum Gasteiger partial charge on any atom is 0.155 e. The molecule has 2 heteroatoms. The molecule has 0 bridgehead atoms. The van der Waals surface area contributed by atoms with Crippen molar-refractivity contribution in [1.29, 1.82) is 0 Å². The third-order valence-corrected chi connectivity index (χ3v) is 8.18. The minimum absolute atomic E-state index is 0.0196. The minimum atomic E-state index is -0.433. The Kier molecular flexibility index (Phi) is 3.34. The molecule has 2 nitrogen and oxygen atoms in total. The molecule has 0 aromatic heterocycles. The maximum atomic E-state index is 11.9. The molecule has 4 rings (SSSR count). The SMILES string of the molecule is C#CC1CCC2C3CC(O)C4=CC(=O)CCC4(C)C3CCC12C. The molecule has 0 aliphatic heterocycles. The van der Waals surface area contributed by atoms with Crippen LogP contribution in [0.4, 0.5) is 0 Å². The van der Waals surface area contributed by atoms with Crippen LogP contribution in [0.15, 0.2) is 11.6 Å². The zero-order chi connectivity index (χ0) is 16.4. The predicted octanol–water partition coefficient (Wildman–Crippen LogP) is 3.74. The van der Waals surface area contributed by atoms with Crippen molar-refractivity contribution in [3.63, 3.8) is 0 Å². The van der Waals surface area contributed by atoms with Crippen LogP contribution in [0.5, 0.6) is 0 Å². The summed E-state index contributed by atoms with van der Waals surface area (Å²) in [7, 11) is 0. The van der Waals surface area contributed by atoms with Crippen molar-refractivity contribution in [3.8, 4) is 12.3 Å². The normalized spacial score (nSPS) is 52.0. The number of hydrogen-bond acceptors (Lipinski definition) is 2. The van der Waals surface area contributed by atoms with Gasteiger partial charge in [0.05, 0.1) is 6.10 Å². The second-order valence-corrected chi connectivity index (χ2v) is 8.95. The zero-order valence-corrected chi connectivity index (χ0v) is 14.3. The summed E-state index contributed by atoms with van der Waals surface area (Å²) in [6, 6.07) is 0. The second-order valence-electron chi connectivity index (χ2n) is 8.95. The van der Waals surface area contributed by atoms with Crippen LogP contribution in [0.3, 0.4) is 0 Å². The molecule has 0 aromatic rings. The number of ketones is 1. The molecule has 0 heterocycles. The number of hydrogen-bond donors (Lipinski definition) is 1. The lowest BCUT2D eigenvalue weighted by atomic mass is 9.46. The Morgan fingerprint density at radius 2 is 2.00 bits per heavy atom. The van der Waals surface area contributed by atoms with Gasteiger partial charge >= 0.3 is 0 Å². The largest absolute Gasteiger partial charge is 0.389 e. The third-order valence-electron chi connectivity index (χ3n) is 8.18. The van der Waals surface area contributed by atoms with Crippen LogP contribution >= 0.6 is 0 Å². The molecular formula is C21H28O2. The van der Waals surface area contributed by atoms with E-state index in [1.807, 2.05) is 0 Å². The van der Waals surface area contributed by atoms with Crippen LogP contribution in [0.1, 0.15) is 58.8 Å². The topological polar surface area (TPSA) is 37.3 Å². The smallest absolute Gasteiger partial charge is 0.155 e. The number of aliphatic hydroxyl groups is 1. The van der Waals surface area contributed by atoms with E-state index in [2.05, 4.69) is 19.8 Å². The molecule has 0 aromatic carbocycles. The Labute approximate surface area is 139 Å². The van der Waals surface area contributed by atoms with Crippen molar-refractivity contribution >= 4 is 5.78 Å². The molecule has 1 N–H and O–H groups in total. The van der Waals surface area contributed by atoms with Crippen molar-refractivity contribution < 1.29 is 9.90 Å². The Morgan fingerprint density at radius 3 is 2.74 bits per heavy atom. The fourth-order valence-corrected chi connectivity index (χ4v) is 6.88. The molecule has 4 aliphatic rings. The van der Waals surface area contributed by atoms with Gasteiger partial charge in [0.25, 0.3) is 0 Å². The van der Waals surface area contributed by atoms with Gasteiger partial charge in [-0.05, 0) is 78.8 Å². The fraction of sp³-hybridized carbons (Fsp3) is 0.762. The first kappa shape index (κ1) is 15.5. The van der Waals surface area contributed by atoms with E-state index in [0.29, 0.717) is 30.1 Å². The third kappa shape index (κ3) is 1.96. The predicted molar refractivity (Wildman–Crippen MR) is 90.4 cm³/mol. The van der Waals surface area contributed by atoms with Crippen LogP contribution < -0.4 is 0 Å². The highest BCUT2D eigenvalue weighted by molar-refractivity contribution is 5.91. The summed E-state index contributed by atoms with van der Waals surface area (Å²) in [5, 5.41) is 10.8. The Bertz CT molecular complexity index is 612. The van der Waals surface area contributed by atoms with Gasteiger partial charge in [0, 0.05) is 12.3 Å². The van der Waals surface area contributed by atoms with Gasteiger partial charge in [-0.3, -0.25) is 4.79 Å². The van der Waals surface area contributed by atoms with Gasteiger partial charge in [-0.1, -0.05) is 13.8 Å². The highest BCUT2D eigenvalue weighted by atomic mass is 16.3. The molecule has 23 heavy (non-hydrogen) atoms. The molecule has 4 aliphatic carbocycles. The van der Waals surface area contributed by atoms with Crippen molar-refractivity contribution in [3.05, 3.63) is 11.6 Å². The first-order chi connectivity index (χ1) is 10.9. The standard InChI is InChI=1S/C21H28O2/c1-4-13-5-6-16-15-12-19(23)18-11-14(22)7-9-21(18,3)17(15)8-10-20(13,16)2/h1,11,13,15-17,19,23H,5-10,12H2,2-3H3. The quantitative estimate of drug-likeness (QED) is 0.692. The van der Waals surface area contributed by atoms with Crippen LogP contribution in [-0.2, 0) is 4.79 Å². The van der Waals surface area contributed by atoms with E-state index in [4.69, 9.17) is 6.42 Å². The highest BCUT2D eigenvalue weighted by Gasteiger charge is 2.60. The molecule has 7 atom stereocenters. The summed E-state index contributed by atoms with van der Waals surface area (Å²) in [6.07, 6.45) is 14.3. The highest BCUT2D eigenvalue weighted by Crippen LogP contribution is 2.66. The van der Waals surface area contributed by atoms with Crippen LogP contribution in [0.2, 0.25) is 0 Å². The second kappa shape index (κ2) is 4.96. The Balaban J connectivity index is 1.72. The van der Waals surface area contributed by atoms with Crippen molar-refractivity contribution in [1.82, 2.24) is 0 Å². The average molecular weight is 312 g/mol. The zero-order valence-electron chi connectivity index (χ0n) is 14.3. The van der Waals surface area contributed by atoms with E-state index >= 15 is 0 Å². The van der Waals surface area contributed by atoms with Gasteiger partial charge in [-0.25, -0.2) is 0 Å². The molecule has 124 valence electrons. The lowest BCUT2D eigenvalue weighted by Gasteiger charge is -2.58. The van der Waals surface area contributed by atoms with Crippen molar-refractivity contribution in [2.75, 3.05) is 0 Å². The van der Waals surface area contributed by atoms with E-state index < -0.39 is 6.10 Å². The first-order valence-electron chi connectivity index (χ1n) is 9.29. The van der Waals surface area contributed by atoms with Gasteiger partial charge in [0.2, 0.25) is 0 Å². The molecule has 0 radical (unpaired) electrons. The number of aliphatic hydroxyl groups excluding tert-OH is 1. The lowest BCUT2D eigenvalue weighted by Crippen LogP contribution is -2.53. The maximum absolute atomic E-state index is 11.9. The number of rotatable bonds is 0. The number of fused-ring (bicyclic) bond motifs is 5. The van der Waals surface area contributed by atoms with Crippen LogP contribution in [0, 0.1) is 46.8 Å². The average Bonchev–Trinajstić information content (AvgIpc) is 2.86. The monoisotopic (exact) mass is 312 g/mol. The lowest BCUT2D eigenvalue weighted by molar-refractivity contribution is -0.119. The molecular weight excluding hydrogens is 284 g/mol. The Morgan fingerprint density at radius 1 is 1.22 bits per heavy atom. The van der Waals surface area contributed by atoms with Gasteiger partial charge in [-0.2, -0.15) is 0 Å². The van der Waals surface area contributed by atoms with E-state index in [1.165, 1.54) is 19.3 Å². The summed E-state index contributed by atoms with van der Waals surface area (Å²) in [4.78, 5) is 11.9. The summed E-state index contributed by atoms with van der Waals surface area (Å²) >= 11 is 0. The molecule has 0 spiro atoms. The van der Waals surface area contributed by atoms with Crippen LogP contribution in [0.25, 0.3) is 0 Å². The van der Waals surface area contributed by atoms with E-state index in [0.717, 1.165) is 24.8 Å². The number of carbonyl (C=O) groups excluding carboxylic acids is 1. The molecule has 3 saturated carbocycles. The first-order valence-corrected chi connectivity index (χ1v) is 9.29. The Hall–Kier alpha value is -1.07. The summed E-state index contributed by atoms with van der Waals surface area (Å²) < 4.78 is 0. The summed E-state index contributed by atoms with van der Waals surface area (Å²) in [6.45, 7) is 4.71. The summed E-state index contributed by atoms with van der Waals surface area (Å²) in [5.41, 5.74) is 1.31. The van der Waals surface area contributed by atoms with E-state index in [-0.39, 0.29) is 16.6 Å². The fourth-order valence-electron chi connectivity index (χ4n) is 6.88. The summed E-state index contributed by atoms with van der Waals surface area (Å²) in [5.74, 6) is 5.49. The van der Waals surface area contributed by atoms with Gasteiger partial charge < -0.3 is 5.11 Å². The van der Waals surface area contributed by atoms with Gasteiger partial charge in [0.15, 0.2) is 5.78 Å². The van der Waals surface area contributed by atoms with E-state index in [1.54, 1.807) is 6.08 Å². The van der Waals surface area contributed by atoms with Crippen LogP contribution in [-0.4, -0.2) is 17.0 Å². The van der Waals surface area contributed by atoms with E-state index in [9.17, 15) is 9.90 Å². The number of terminal acetylenes is 1. The number of carbonyl (C=O) groups is 1. The molecule has 3 fully saturated rings.